The van der Waals surface area contributed by atoms with Crippen molar-refractivity contribution >= 4 is 11.9 Å². The molecular formula is C27H31FN4O. The number of anilines is 1. The van der Waals surface area contributed by atoms with E-state index >= 15 is 0 Å². The molecule has 1 aliphatic heterocycles. The van der Waals surface area contributed by atoms with Crippen molar-refractivity contribution in [2.45, 2.75) is 38.5 Å². The van der Waals surface area contributed by atoms with E-state index < -0.39 is 5.41 Å². The normalized spacial score (nSPS) is 16.2. The number of hydrogen-bond acceptors (Lipinski definition) is 4. The molecule has 3 aromatic rings. The van der Waals surface area contributed by atoms with Crippen molar-refractivity contribution in [3.63, 3.8) is 0 Å². The number of rotatable bonds is 5. The highest BCUT2D eigenvalue weighted by Gasteiger charge is 2.38. The lowest BCUT2D eigenvalue weighted by atomic mass is 9.83. The Labute approximate surface area is 195 Å². The van der Waals surface area contributed by atoms with E-state index in [2.05, 4.69) is 4.98 Å². The van der Waals surface area contributed by atoms with Crippen LogP contribution in [0.5, 0.6) is 0 Å². The van der Waals surface area contributed by atoms with Crippen molar-refractivity contribution in [1.82, 2.24) is 14.9 Å². The van der Waals surface area contributed by atoms with Gasteiger partial charge in [0.15, 0.2) is 0 Å². The number of likely N-dealkylation sites (tertiary alicyclic amines) is 1. The molecule has 0 aliphatic carbocycles. The van der Waals surface area contributed by atoms with E-state index in [0.717, 1.165) is 28.8 Å². The van der Waals surface area contributed by atoms with Gasteiger partial charge in [0.1, 0.15) is 5.82 Å². The minimum atomic E-state index is -0.617. The number of nitrogens with zero attached hydrogens (tertiary/aromatic N) is 4. The molecule has 1 aromatic heterocycles. The van der Waals surface area contributed by atoms with Crippen LogP contribution in [0.4, 0.5) is 10.3 Å². The van der Waals surface area contributed by atoms with Crippen molar-refractivity contribution < 1.29 is 9.18 Å². The van der Waals surface area contributed by atoms with Crippen LogP contribution in [0.3, 0.4) is 0 Å². The molecule has 1 unspecified atom stereocenters. The minimum Gasteiger partial charge on any atom is -0.347 e. The summed E-state index contributed by atoms with van der Waals surface area (Å²) in [7, 11) is 3.80. The maximum atomic E-state index is 14.0. The van der Waals surface area contributed by atoms with E-state index in [4.69, 9.17) is 4.98 Å². The zero-order valence-electron chi connectivity index (χ0n) is 20.0. The van der Waals surface area contributed by atoms with Crippen LogP contribution >= 0.6 is 0 Å². The largest absolute Gasteiger partial charge is 0.347 e. The first-order valence-corrected chi connectivity index (χ1v) is 11.3. The highest BCUT2D eigenvalue weighted by Crippen LogP contribution is 2.36. The van der Waals surface area contributed by atoms with Gasteiger partial charge in [-0.2, -0.15) is 0 Å². The molecule has 4 rings (SSSR count). The first-order chi connectivity index (χ1) is 15.7. The van der Waals surface area contributed by atoms with Crippen LogP contribution in [0, 0.1) is 12.7 Å². The Hall–Kier alpha value is -3.28. The standard InChI is InChI=1S/C27H31FN4O/c1-18-9-11-21(12-10-18)27(2,3)25(33)32-14-13-20(17-32)24-23(16-29-26(30-24)31(4)5)19-7-6-8-22(28)15-19/h6-12,15-16,20H,13-14,17H2,1-5H3. The molecule has 0 bridgehead atoms. The zero-order valence-corrected chi connectivity index (χ0v) is 20.0. The molecule has 0 saturated carbocycles. The third kappa shape index (κ3) is 4.61. The fourth-order valence-corrected chi connectivity index (χ4v) is 4.45. The Morgan fingerprint density at radius 3 is 2.55 bits per heavy atom. The minimum absolute atomic E-state index is 0.0581. The van der Waals surface area contributed by atoms with Crippen molar-refractivity contribution in [2.75, 3.05) is 32.1 Å². The van der Waals surface area contributed by atoms with Crippen LogP contribution in [0.1, 0.15) is 43.0 Å². The molecule has 0 spiro atoms. The Morgan fingerprint density at radius 1 is 1.15 bits per heavy atom. The van der Waals surface area contributed by atoms with Crippen molar-refractivity contribution in [3.05, 3.63) is 77.4 Å². The van der Waals surface area contributed by atoms with E-state index in [1.807, 2.05) is 75.0 Å². The highest BCUT2D eigenvalue weighted by molar-refractivity contribution is 5.87. The molecule has 1 amide bonds. The molecule has 5 nitrogen and oxygen atoms in total. The summed E-state index contributed by atoms with van der Waals surface area (Å²) in [6, 6.07) is 14.7. The van der Waals surface area contributed by atoms with Crippen molar-refractivity contribution in [1.29, 1.82) is 0 Å². The Morgan fingerprint density at radius 2 is 1.88 bits per heavy atom. The second-order valence-electron chi connectivity index (χ2n) is 9.60. The maximum absolute atomic E-state index is 14.0. The molecule has 2 heterocycles. The van der Waals surface area contributed by atoms with E-state index in [1.165, 1.54) is 17.7 Å². The zero-order chi connectivity index (χ0) is 23.8. The van der Waals surface area contributed by atoms with Gasteiger partial charge in [0.05, 0.1) is 11.1 Å². The molecule has 1 atom stereocenters. The number of amides is 1. The lowest BCUT2D eigenvalue weighted by Crippen LogP contribution is -2.42. The number of aromatic nitrogens is 2. The summed E-state index contributed by atoms with van der Waals surface area (Å²) in [4.78, 5) is 26.6. The van der Waals surface area contributed by atoms with Gasteiger partial charge >= 0.3 is 0 Å². The van der Waals surface area contributed by atoms with Crippen LogP contribution in [0.25, 0.3) is 11.1 Å². The summed E-state index contributed by atoms with van der Waals surface area (Å²) in [6.07, 6.45) is 2.58. The van der Waals surface area contributed by atoms with Crippen LogP contribution in [0.2, 0.25) is 0 Å². The SMILES string of the molecule is Cc1ccc(C(C)(C)C(=O)N2CCC(c3nc(N(C)C)ncc3-c3cccc(F)c3)C2)cc1. The van der Waals surface area contributed by atoms with Gasteiger partial charge in [0, 0.05) is 44.9 Å². The second kappa shape index (κ2) is 8.93. The molecule has 1 aliphatic rings. The third-order valence-electron chi connectivity index (χ3n) is 6.51. The van der Waals surface area contributed by atoms with Gasteiger partial charge in [-0.05, 0) is 50.5 Å². The second-order valence-corrected chi connectivity index (χ2v) is 9.60. The predicted octanol–water partition coefficient (Wildman–Crippen LogP) is 4.95. The summed E-state index contributed by atoms with van der Waals surface area (Å²) in [5, 5.41) is 0. The molecule has 6 heteroatoms. The molecule has 0 radical (unpaired) electrons. The Bertz CT molecular complexity index is 1160. The first-order valence-electron chi connectivity index (χ1n) is 11.3. The maximum Gasteiger partial charge on any atom is 0.232 e. The average molecular weight is 447 g/mol. The molecule has 2 aromatic carbocycles. The fourth-order valence-electron chi connectivity index (χ4n) is 4.45. The molecule has 1 fully saturated rings. The van der Waals surface area contributed by atoms with Crippen molar-refractivity contribution in [2.24, 2.45) is 0 Å². The van der Waals surface area contributed by atoms with Gasteiger partial charge < -0.3 is 9.80 Å². The van der Waals surface area contributed by atoms with Crippen LogP contribution in [-0.4, -0.2) is 48.0 Å². The monoisotopic (exact) mass is 446 g/mol. The number of benzene rings is 2. The highest BCUT2D eigenvalue weighted by atomic mass is 19.1. The Kier molecular flexibility index (Phi) is 6.19. The average Bonchev–Trinajstić information content (AvgIpc) is 3.28. The van der Waals surface area contributed by atoms with Crippen LogP contribution in [-0.2, 0) is 10.2 Å². The van der Waals surface area contributed by atoms with Gasteiger partial charge in [0.2, 0.25) is 11.9 Å². The van der Waals surface area contributed by atoms with Crippen LogP contribution in [0.15, 0.2) is 54.7 Å². The van der Waals surface area contributed by atoms with E-state index in [0.29, 0.717) is 19.0 Å². The lowest BCUT2D eigenvalue weighted by molar-refractivity contribution is -0.135. The number of halogens is 1. The van der Waals surface area contributed by atoms with E-state index in [-0.39, 0.29) is 17.6 Å². The number of carbonyl (C=O) groups excluding carboxylic acids is 1. The summed E-state index contributed by atoms with van der Waals surface area (Å²) < 4.78 is 14.0. The quantitative estimate of drug-likeness (QED) is 0.556. The van der Waals surface area contributed by atoms with Gasteiger partial charge in [-0.3, -0.25) is 4.79 Å². The topological polar surface area (TPSA) is 49.3 Å². The number of aryl methyl sites for hydroxylation is 1. The van der Waals surface area contributed by atoms with Gasteiger partial charge in [-0.15, -0.1) is 0 Å². The van der Waals surface area contributed by atoms with E-state index in [1.54, 1.807) is 12.3 Å². The lowest BCUT2D eigenvalue weighted by Gasteiger charge is -2.30. The molecule has 1 saturated heterocycles. The summed E-state index contributed by atoms with van der Waals surface area (Å²) in [6.45, 7) is 7.27. The molecule has 172 valence electrons. The predicted molar refractivity (Wildman–Crippen MR) is 130 cm³/mol. The van der Waals surface area contributed by atoms with Gasteiger partial charge in [-0.1, -0.05) is 42.0 Å². The number of hydrogen-bond donors (Lipinski definition) is 0. The summed E-state index contributed by atoms with van der Waals surface area (Å²) >= 11 is 0. The third-order valence-corrected chi connectivity index (χ3v) is 6.51. The van der Waals surface area contributed by atoms with Crippen molar-refractivity contribution in [3.8, 4) is 11.1 Å². The smallest absolute Gasteiger partial charge is 0.232 e. The fraction of sp³-hybridized carbons (Fsp3) is 0.370. The Balaban J connectivity index is 1.63. The molecule has 0 N–H and O–H groups in total. The number of carbonyl (C=O) groups is 1. The molecular weight excluding hydrogens is 415 g/mol. The van der Waals surface area contributed by atoms with E-state index in [9.17, 15) is 9.18 Å². The molecule has 33 heavy (non-hydrogen) atoms. The van der Waals surface area contributed by atoms with Gasteiger partial charge in [0.25, 0.3) is 0 Å². The van der Waals surface area contributed by atoms with Gasteiger partial charge in [-0.25, -0.2) is 14.4 Å². The van der Waals surface area contributed by atoms with Crippen LogP contribution < -0.4 is 4.90 Å². The summed E-state index contributed by atoms with van der Waals surface area (Å²) in [5.74, 6) is 0.485. The first kappa shape index (κ1) is 22.9. The summed E-state index contributed by atoms with van der Waals surface area (Å²) in [5.41, 5.74) is 4.00.